The fourth-order valence-corrected chi connectivity index (χ4v) is 3.22. The van der Waals surface area contributed by atoms with Gasteiger partial charge in [-0.2, -0.15) is 0 Å². The second kappa shape index (κ2) is 7.62. The summed E-state index contributed by atoms with van der Waals surface area (Å²) in [7, 11) is 0. The van der Waals surface area contributed by atoms with E-state index in [0.29, 0.717) is 5.92 Å². The van der Waals surface area contributed by atoms with Crippen LogP contribution in [0, 0.1) is 5.92 Å². The van der Waals surface area contributed by atoms with Gasteiger partial charge in [0.05, 0.1) is 5.92 Å². The van der Waals surface area contributed by atoms with Crippen molar-refractivity contribution in [1.29, 1.82) is 0 Å². The summed E-state index contributed by atoms with van der Waals surface area (Å²) >= 11 is 0. The van der Waals surface area contributed by atoms with Crippen molar-refractivity contribution in [3.05, 3.63) is 48.0 Å². The van der Waals surface area contributed by atoms with Crippen LogP contribution in [0.4, 0.5) is 5.69 Å². The maximum atomic E-state index is 12.4. The van der Waals surface area contributed by atoms with Crippen LogP contribution in [0.1, 0.15) is 44.0 Å². The van der Waals surface area contributed by atoms with Crippen LogP contribution in [-0.2, 0) is 11.3 Å². The Bertz CT molecular complexity index is 686. The molecule has 1 amide bonds. The van der Waals surface area contributed by atoms with Crippen molar-refractivity contribution in [2.24, 2.45) is 5.92 Å². The lowest BCUT2D eigenvalue weighted by atomic mass is 9.99. The van der Waals surface area contributed by atoms with Crippen LogP contribution >= 0.6 is 0 Å². The fraction of sp³-hybridized carbons (Fsp3) is 0.474. The number of nitrogens with one attached hydrogen (secondary N) is 2. The number of hydrogen-bond acceptors (Lipinski definition) is 3. The molecule has 0 saturated carbocycles. The van der Waals surface area contributed by atoms with Gasteiger partial charge in [0.25, 0.3) is 0 Å². The van der Waals surface area contributed by atoms with E-state index in [-0.39, 0.29) is 11.8 Å². The van der Waals surface area contributed by atoms with Crippen LogP contribution in [-0.4, -0.2) is 28.5 Å². The highest BCUT2D eigenvalue weighted by Gasteiger charge is 2.20. The molecule has 2 aromatic rings. The van der Waals surface area contributed by atoms with Gasteiger partial charge in [0.15, 0.2) is 0 Å². The Hall–Kier alpha value is -2.14. The third kappa shape index (κ3) is 4.03. The van der Waals surface area contributed by atoms with Gasteiger partial charge >= 0.3 is 0 Å². The van der Waals surface area contributed by atoms with Crippen molar-refractivity contribution in [1.82, 2.24) is 14.9 Å². The zero-order valence-electron chi connectivity index (χ0n) is 14.5. The Balaban J connectivity index is 1.67. The highest BCUT2D eigenvalue weighted by molar-refractivity contribution is 5.92. The number of carbonyl (C=O) groups excluding carboxylic acids is 1. The van der Waals surface area contributed by atoms with E-state index in [9.17, 15) is 4.79 Å². The minimum Gasteiger partial charge on any atom is -0.330 e. The number of carbonyl (C=O) groups is 1. The van der Waals surface area contributed by atoms with E-state index < -0.39 is 0 Å². The molecule has 3 rings (SSSR count). The van der Waals surface area contributed by atoms with E-state index in [0.717, 1.165) is 49.6 Å². The fourth-order valence-electron chi connectivity index (χ4n) is 3.22. The second-order valence-corrected chi connectivity index (χ2v) is 6.80. The van der Waals surface area contributed by atoms with Crippen molar-refractivity contribution in [2.75, 3.05) is 18.4 Å². The van der Waals surface area contributed by atoms with E-state index in [1.54, 1.807) is 0 Å². The molecule has 1 aromatic heterocycles. The third-order valence-corrected chi connectivity index (χ3v) is 4.48. The van der Waals surface area contributed by atoms with Crippen molar-refractivity contribution < 1.29 is 4.79 Å². The normalized spacial score (nSPS) is 17.9. The third-order valence-electron chi connectivity index (χ3n) is 4.48. The van der Waals surface area contributed by atoms with Crippen LogP contribution < -0.4 is 10.6 Å². The number of hydrogen-bond donors (Lipinski definition) is 2. The lowest BCUT2D eigenvalue weighted by Crippen LogP contribution is -2.37. The molecule has 1 atom stereocenters. The number of imidazole rings is 1. The average Bonchev–Trinajstić information content (AvgIpc) is 3.04. The predicted molar refractivity (Wildman–Crippen MR) is 96.1 cm³/mol. The second-order valence-electron chi connectivity index (χ2n) is 6.80. The van der Waals surface area contributed by atoms with Gasteiger partial charge in [0.1, 0.15) is 5.82 Å². The van der Waals surface area contributed by atoms with Crippen LogP contribution in [0.15, 0.2) is 36.7 Å². The number of anilines is 1. The number of aromatic nitrogens is 2. The molecule has 128 valence electrons. The minimum absolute atomic E-state index is 0.0728. The molecule has 2 N–H and O–H groups in total. The van der Waals surface area contributed by atoms with E-state index in [4.69, 9.17) is 0 Å². The van der Waals surface area contributed by atoms with Crippen LogP contribution in [0.5, 0.6) is 0 Å². The standard InChI is InChI=1S/C19H26N4O/c1-14(2)18-21-9-10-23(18)13-15-5-3-7-17(11-15)22-19(24)16-6-4-8-20-12-16/h3,5,7,9-11,14,16,20H,4,6,8,12-13H2,1-2H3,(H,22,24). The predicted octanol–water partition coefficient (Wildman–Crippen LogP) is 2.99. The van der Waals surface area contributed by atoms with Gasteiger partial charge in [-0.3, -0.25) is 4.79 Å². The lowest BCUT2D eigenvalue weighted by molar-refractivity contribution is -0.120. The van der Waals surface area contributed by atoms with E-state index in [1.807, 2.05) is 24.5 Å². The molecular formula is C19H26N4O. The largest absolute Gasteiger partial charge is 0.330 e. The number of nitrogens with zero attached hydrogens (tertiary/aromatic N) is 2. The average molecular weight is 326 g/mol. The van der Waals surface area contributed by atoms with Crippen LogP contribution in [0.25, 0.3) is 0 Å². The summed E-state index contributed by atoms with van der Waals surface area (Å²) in [5, 5.41) is 6.35. The first-order valence-electron chi connectivity index (χ1n) is 8.75. The molecule has 0 aliphatic carbocycles. The molecule has 0 bridgehead atoms. The number of piperidine rings is 1. The molecule has 0 radical (unpaired) electrons. The summed E-state index contributed by atoms with van der Waals surface area (Å²) in [4.78, 5) is 16.8. The Morgan fingerprint density at radius 3 is 3.08 bits per heavy atom. The number of amides is 1. The van der Waals surface area contributed by atoms with Gasteiger partial charge in [-0.1, -0.05) is 26.0 Å². The molecule has 24 heavy (non-hydrogen) atoms. The van der Waals surface area contributed by atoms with Gasteiger partial charge in [0, 0.05) is 37.1 Å². The monoisotopic (exact) mass is 326 g/mol. The quantitative estimate of drug-likeness (QED) is 0.888. The molecular weight excluding hydrogens is 300 g/mol. The molecule has 0 spiro atoms. The molecule has 1 aliphatic rings. The highest BCUT2D eigenvalue weighted by atomic mass is 16.1. The lowest BCUT2D eigenvalue weighted by Gasteiger charge is -2.22. The van der Waals surface area contributed by atoms with Gasteiger partial charge in [-0.25, -0.2) is 4.98 Å². The van der Waals surface area contributed by atoms with Crippen molar-refractivity contribution in [3.8, 4) is 0 Å². The summed E-state index contributed by atoms with van der Waals surface area (Å²) in [6.45, 7) is 6.85. The van der Waals surface area contributed by atoms with Crippen molar-refractivity contribution in [3.63, 3.8) is 0 Å². The van der Waals surface area contributed by atoms with Gasteiger partial charge in [0.2, 0.25) is 5.91 Å². The van der Waals surface area contributed by atoms with E-state index in [1.165, 1.54) is 0 Å². The highest BCUT2D eigenvalue weighted by Crippen LogP contribution is 2.18. The maximum absolute atomic E-state index is 12.4. The van der Waals surface area contributed by atoms with E-state index >= 15 is 0 Å². The molecule has 1 aromatic carbocycles. The smallest absolute Gasteiger partial charge is 0.228 e. The van der Waals surface area contributed by atoms with Gasteiger partial charge < -0.3 is 15.2 Å². The first-order chi connectivity index (χ1) is 11.6. The summed E-state index contributed by atoms with van der Waals surface area (Å²) < 4.78 is 2.16. The summed E-state index contributed by atoms with van der Waals surface area (Å²) in [6, 6.07) is 8.09. The molecule has 5 heteroatoms. The molecule has 2 heterocycles. The van der Waals surface area contributed by atoms with Crippen LogP contribution in [0.3, 0.4) is 0 Å². The number of benzene rings is 1. The first kappa shape index (κ1) is 16.7. The topological polar surface area (TPSA) is 59.0 Å². The SMILES string of the molecule is CC(C)c1nccn1Cc1cccc(NC(=O)C2CCCNC2)c1. The zero-order chi connectivity index (χ0) is 16.9. The first-order valence-corrected chi connectivity index (χ1v) is 8.75. The Morgan fingerprint density at radius 2 is 2.33 bits per heavy atom. The van der Waals surface area contributed by atoms with Gasteiger partial charge in [-0.15, -0.1) is 0 Å². The summed E-state index contributed by atoms with van der Waals surface area (Å²) in [5.74, 6) is 1.66. The Kier molecular flexibility index (Phi) is 5.30. The molecule has 1 aliphatic heterocycles. The molecule has 1 fully saturated rings. The Labute approximate surface area is 143 Å². The molecule has 1 unspecified atom stereocenters. The molecule has 5 nitrogen and oxygen atoms in total. The van der Waals surface area contributed by atoms with Gasteiger partial charge in [-0.05, 0) is 37.1 Å². The van der Waals surface area contributed by atoms with Crippen molar-refractivity contribution >= 4 is 11.6 Å². The summed E-state index contributed by atoms with van der Waals surface area (Å²) in [5.41, 5.74) is 2.03. The van der Waals surface area contributed by atoms with Crippen LogP contribution in [0.2, 0.25) is 0 Å². The zero-order valence-corrected chi connectivity index (χ0v) is 14.5. The number of rotatable bonds is 5. The molecule has 1 saturated heterocycles. The summed E-state index contributed by atoms with van der Waals surface area (Å²) in [6.07, 6.45) is 5.88. The van der Waals surface area contributed by atoms with E-state index in [2.05, 4.69) is 46.2 Å². The maximum Gasteiger partial charge on any atom is 0.228 e. The Morgan fingerprint density at radius 1 is 1.46 bits per heavy atom. The van der Waals surface area contributed by atoms with Crippen molar-refractivity contribution in [2.45, 2.75) is 39.2 Å². The minimum atomic E-state index is 0.0728.